The number of amides is 2. The molecular formula is C29H33BrClN3O4S. The van der Waals surface area contributed by atoms with Crippen LogP contribution >= 0.6 is 27.5 Å². The first-order valence-corrected chi connectivity index (χ1v) is 15.3. The Morgan fingerprint density at radius 1 is 0.974 bits per heavy atom. The van der Waals surface area contributed by atoms with Gasteiger partial charge in [-0.2, -0.15) is 0 Å². The van der Waals surface area contributed by atoms with Crippen LogP contribution in [0.3, 0.4) is 0 Å². The summed E-state index contributed by atoms with van der Waals surface area (Å²) < 4.78 is 29.3. The van der Waals surface area contributed by atoms with E-state index in [1.807, 2.05) is 20.8 Å². The minimum atomic E-state index is -4.12. The number of halogens is 2. The highest BCUT2D eigenvalue weighted by Crippen LogP contribution is 2.27. The van der Waals surface area contributed by atoms with Gasteiger partial charge in [0, 0.05) is 22.6 Å². The second-order valence-electron chi connectivity index (χ2n) is 9.48. The standard InChI is InChI=1S/C29H33BrClN3O4S/c1-4-27(29(36)32-18-21(2)3)33(19-22-11-8-9-16-26(22)31)28(35)20-34(24-13-10-12-23(30)17-24)39(37,38)25-14-6-5-7-15-25/h5-17,21,27H,4,18-20H2,1-3H3,(H,32,36). The molecule has 3 aromatic carbocycles. The van der Waals surface area contributed by atoms with E-state index in [2.05, 4.69) is 21.2 Å². The van der Waals surface area contributed by atoms with Crippen molar-refractivity contribution < 1.29 is 18.0 Å². The van der Waals surface area contributed by atoms with Crippen molar-refractivity contribution >= 4 is 55.1 Å². The van der Waals surface area contributed by atoms with Crippen molar-refractivity contribution in [3.63, 3.8) is 0 Å². The highest BCUT2D eigenvalue weighted by molar-refractivity contribution is 9.10. The fraction of sp³-hybridized carbons (Fsp3) is 0.310. The Bertz CT molecular complexity index is 1390. The van der Waals surface area contributed by atoms with Gasteiger partial charge in [-0.05, 0) is 54.3 Å². The molecule has 208 valence electrons. The molecule has 0 aliphatic heterocycles. The van der Waals surface area contributed by atoms with Gasteiger partial charge in [0.05, 0.1) is 10.6 Å². The average Bonchev–Trinajstić information content (AvgIpc) is 2.91. The van der Waals surface area contributed by atoms with Crippen LogP contribution in [0.25, 0.3) is 0 Å². The van der Waals surface area contributed by atoms with Crippen molar-refractivity contribution in [2.24, 2.45) is 5.92 Å². The Morgan fingerprint density at radius 2 is 1.64 bits per heavy atom. The molecule has 0 radical (unpaired) electrons. The number of anilines is 1. The summed E-state index contributed by atoms with van der Waals surface area (Å²) in [5, 5.41) is 3.37. The number of benzene rings is 3. The van der Waals surface area contributed by atoms with E-state index in [4.69, 9.17) is 11.6 Å². The third-order valence-corrected chi connectivity index (χ3v) is 8.73. The van der Waals surface area contributed by atoms with Crippen molar-refractivity contribution in [1.82, 2.24) is 10.2 Å². The van der Waals surface area contributed by atoms with Crippen molar-refractivity contribution in [2.75, 3.05) is 17.4 Å². The van der Waals surface area contributed by atoms with E-state index in [1.54, 1.807) is 66.7 Å². The first kappa shape index (κ1) is 30.7. The monoisotopic (exact) mass is 633 g/mol. The Balaban J connectivity index is 2.05. The lowest BCUT2D eigenvalue weighted by molar-refractivity contribution is -0.140. The third-order valence-electron chi connectivity index (χ3n) is 6.08. The molecule has 2 amide bonds. The zero-order valence-electron chi connectivity index (χ0n) is 22.2. The van der Waals surface area contributed by atoms with E-state index in [1.165, 1.54) is 17.0 Å². The lowest BCUT2D eigenvalue weighted by Gasteiger charge is -2.33. The van der Waals surface area contributed by atoms with E-state index < -0.39 is 28.5 Å². The Morgan fingerprint density at radius 3 is 2.26 bits per heavy atom. The first-order chi connectivity index (χ1) is 18.5. The van der Waals surface area contributed by atoms with Gasteiger partial charge in [-0.3, -0.25) is 13.9 Å². The maximum Gasteiger partial charge on any atom is 0.264 e. The van der Waals surface area contributed by atoms with E-state index >= 15 is 0 Å². The topological polar surface area (TPSA) is 86.8 Å². The number of sulfonamides is 1. The number of carbonyl (C=O) groups excluding carboxylic acids is 2. The Hall–Kier alpha value is -2.88. The van der Waals surface area contributed by atoms with E-state index in [-0.39, 0.29) is 23.3 Å². The second kappa shape index (κ2) is 14.0. The molecule has 7 nitrogen and oxygen atoms in total. The van der Waals surface area contributed by atoms with Gasteiger partial charge in [-0.1, -0.05) is 90.8 Å². The van der Waals surface area contributed by atoms with Crippen LogP contribution < -0.4 is 9.62 Å². The molecule has 10 heteroatoms. The molecule has 0 heterocycles. The van der Waals surface area contributed by atoms with E-state index in [0.29, 0.717) is 33.7 Å². The number of hydrogen-bond donors (Lipinski definition) is 1. The zero-order valence-corrected chi connectivity index (χ0v) is 25.3. The molecule has 1 N–H and O–H groups in total. The van der Waals surface area contributed by atoms with Crippen LogP contribution in [0.2, 0.25) is 5.02 Å². The van der Waals surface area contributed by atoms with Gasteiger partial charge in [0.2, 0.25) is 11.8 Å². The summed E-state index contributed by atoms with van der Waals surface area (Å²) in [6.07, 6.45) is 0.336. The van der Waals surface area contributed by atoms with Crippen LogP contribution in [0.4, 0.5) is 5.69 Å². The SMILES string of the molecule is CCC(C(=O)NCC(C)C)N(Cc1ccccc1Cl)C(=O)CN(c1cccc(Br)c1)S(=O)(=O)c1ccccc1. The minimum absolute atomic E-state index is 0.0455. The molecule has 1 unspecified atom stereocenters. The van der Waals surface area contributed by atoms with Crippen LogP contribution in [0.15, 0.2) is 88.2 Å². The maximum atomic E-state index is 14.0. The molecule has 0 fully saturated rings. The fourth-order valence-electron chi connectivity index (χ4n) is 4.03. The normalized spacial score (nSPS) is 12.2. The van der Waals surface area contributed by atoms with Crippen molar-refractivity contribution in [2.45, 2.75) is 44.7 Å². The summed E-state index contributed by atoms with van der Waals surface area (Å²) in [5.41, 5.74) is 0.971. The summed E-state index contributed by atoms with van der Waals surface area (Å²) in [7, 11) is -4.12. The molecule has 3 rings (SSSR count). The lowest BCUT2D eigenvalue weighted by atomic mass is 10.1. The maximum absolute atomic E-state index is 14.0. The summed E-state index contributed by atoms with van der Waals surface area (Å²) in [6.45, 7) is 5.78. The van der Waals surface area contributed by atoms with Gasteiger partial charge in [-0.25, -0.2) is 8.42 Å². The number of nitrogens with zero attached hydrogens (tertiary/aromatic N) is 2. The molecule has 0 aliphatic rings. The van der Waals surface area contributed by atoms with Crippen LogP contribution in [0.1, 0.15) is 32.8 Å². The number of nitrogens with one attached hydrogen (secondary N) is 1. The van der Waals surface area contributed by atoms with Crippen LogP contribution in [-0.4, -0.2) is 44.3 Å². The van der Waals surface area contributed by atoms with Gasteiger partial charge >= 0.3 is 0 Å². The largest absolute Gasteiger partial charge is 0.354 e. The molecule has 0 saturated carbocycles. The summed E-state index contributed by atoms with van der Waals surface area (Å²) in [4.78, 5) is 28.7. The van der Waals surface area contributed by atoms with Crippen molar-refractivity contribution in [3.8, 4) is 0 Å². The molecule has 39 heavy (non-hydrogen) atoms. The summed E-state index contributed by atoms with van der Waals surface area (Å²) in [5.74, 6) is -0.602. The minimum Gasteiger partial charge on any atom is -0.354 e. The fourth-order valence-corrected chi connectivity index (χ4v) is 6.04. The van der Waals surface area contributed by atoms with Crippen LogP contribution in [0, 0.1) is 5.92 Å². The molecule has 0 saturated heterocycles. The molecule has 0 aromatic heterocycles. The second-order valence-corrected chi connectivity index (χ2v) is 12.7. The quantitative estimate of drug-likeness (QED) is 0.270. The summed E-state index contributed by atoms with van der Waals surface area (Å²) >= 11 is 9.82. The third kappa shape index (κ3) is 8.06. The van der Waals surface area contributed by atoms with Crippen LogP contribution in [0.5, 0.6) is 0 Å². The zero-order chi connectivity index (χ0) is 28.6. The van der Waals surface area contributed by atoms with Gasteiger partial charge in [0.1, 0.15) is 12.6 Å². The Kier molecular flexibility index (Phi) is 11.0. The highest BCUT2D eigenvalue weighted by atomic mass is 79.9. The molecule has 3 aromatic rings. The van der Waals surface area contributed by atoms with E-state index in [0.717, 1.165) is 4.31 Å². The summed E-state index contributed by atoms with van der Waals surface area (Å²) in [6, 6.07) is 21.0. The lowest BCUT2D eigenvalue weighted by Crippen LogP contribution is -2.52. The number of rotatable bonds is 12. The van der Waals surface area contributed by atoms with Gasteiger partial charge in [0.25, 0.3) is 10.0 Å². The Labute approximate surface area is 244 Å². The highest BCUT2D eigenvalue weighted by Gasteiger charge is 2.34. The van der Waals surface area contributed by atoms with E-state index in [9.17, 15) is 18.0 Å². The molecule has 0 spiro atoms. The van der Waals surface area contributed by atoms with Crippen molar-refractivity contribution in [3.05, 3.63) is 93.9 Å². The first-order valence-electron chi connectivity index (χ1n) is 12.7. The van der Waals surface area contributed by atoms with Crippen LogP contribution in [-0.2, 0) is 26.2 Å². The van der Waals surface area contributed by atoms with Crippen molar-refractivity contribution in [1.29, 1.82) is 0 Å². The van der Waals surface area contributed by atoms with Gasteiger partial charge < -0.3 is 10.2 Å². The molecule has 0 bridgehead atoms. The van der Waals surface area contributed by atoms with Gasteiger partial charge in [0.15, 0.2) is 0 Å². The molecule has 0 aliphatic carbocycles. The molecule has 1 atom stereocenters. The smallest absolute Gasteiger partial charge is 0.264 e. The predicted molar refractivity (Wildman–Crippen MR) is 159 cm³/mol. The predicted octanol–water partition coefficient (Wildman–Crippen LogP) is 5.88. The molecular weight excluding hydrogens is 602 g/mol. The number of carbonyl (C=O) groups is 2. The average molecular weight is 635 g/mol. The number of hydrogen-bond acceptors (Lipinski definition) is 4. The van der Waals surface area contributed by atoms with Gasteiger partial charge in [-0.15, -0.1) is 0 Å².